The molecule has 1 amide bonds. The number of aromatic carboxylic acids is 1. The number of nitrogens with one attached hydrogen (secondary N) is 1. The Bertz CT molecular complexity index is 1110. The van der Waals surface area contributed by atoms with Crippen LogP contribution in [0.5, 0.6) is 0 Å². The third-order valence-corrected chi connectivity index (χ3v) is 4.14. The number of carboxylic acid groups (broad SMARTS) is 1. The Kier molecular flexibility index (Phi) is 3.58. The van der Waals surface area contributed by atoms with Gasteiger partial charge >= 0.3 is 5.97 Å². The lowest BCUT2D eigenvalue weighted by atomic mass is 10.0. The molecule has 1 aliphatic heterocycles. The molecule has 0 atom stereocenters. The number of benzene rings is 1. The van der Waals surface area contributed by atoms with Gasteiger partial charge in [0.1, 0.15) is 11.4 Å². The zero-order valence-electron chi connectivity index (χ0n) is 13.7. The predicted molar refractivity (Wildman–Crippen MR) is 94.6 cm³/mol. The van der Waals surface area contributed by atoms with E-state index >= 15 is 0 Å². The molecule has 0 fully saturated rings. The highest BCUT2D eigenvalue weighted by Gasteiger charge is 2.25. The molecular weight excluding hydrogens is 334 g/mol. The van der Waals surface area contributed by atoms with Crippen LogP contribution >= 0.6 is 0 Å². The lowest BCUT2D eigenvalue weighted by molar-refractivity contribution is -0.116. The Morgan fingerprint density at radius 2 is 2.15 bits per heavy atom. The van der Waals surface area contributed by atoms with Crippen molar-refractivity contribution in [3.63, 3.8) is 0 Å². The topological polar surface area (TPSA) is 109 Å². The van der Waals surface area contributed by atoms with Crippen LogP contribution < -0.4 is 5.43 Å². The number of aryl methyl sites for hydroxylation is 1. The van der Waals surface area contributed by atoms with E-state index in [-0.39, 0.29) is 11.5 Å². The molecule has 0 bridgehead atoms. The van der Waals surface area contributed by atoms with Gasteiger partial charge in [-0.05, 0) is 18.2 Å². The van der Waals surface area contributed by atoms with Crippen molar-refractivity contribution in [1.29, 1.82) is 0 Å². The fraction of sp³-hybridized carbons (Fsp3) is 0.0556. The maximum absolute atomic E-state index is 12.2. The van der Waals surface area contributed by atoms with Crippen molar-refractivity contribution in [2.24, 2.45) is 12.1 Å². The Morgan fingerprint density at radius 3 is 2.88 bits per heavy atom. The number of carbonyl (C=O) groups is 2. The fourth-order valence-electron chi connectivity index (χ4n) is 2.90. The van der Waals surface area contributed by atoms with E-state index in [9.17, 15) is 9.59 Å². The van der Waals surface area contributed by atoms with E-state index in [1.807, 2.05) is 17.8 Å². The van der Waals surface area contributed by atoms with Crippen LogP contribution in [0.15, 0.2) is 53.7 Å². The molecule has 128 valence electrons. The highest BCUT2D eigenvalue weighted by Crippen LogP contribution is 2.26. The summed E-state index contributed by atoms with van der Waals surface area (Å²) in [6.07, 6.45) is 8.17. The number of nitrogens with zero attached hydrogens (tertiary/aromatic N) is 4. The van der Waals surface area contributed by atoms with Gasteiger partial charge in [0.25, 0.3) is 5.91 Å². The van der Waals surface area contributed by atoms with Crippen LogP contribution in [0.2, 0.25) is 0 Å². The van der Waals surface area contributed by atoms with Crippen LogP contribution in [0, 0.1) is 0 Å². The van der Waals surface area contributed by atoms with Crippen molar-refractivity contribution in [1.82, 2.24) is 20.0 Å². The van der Waals surface area contributed by atoms with Gasteiger partial charge in [-0.2, -0.15) is 5.10 Å². The molecule has 3 heterocycles. The third-order valence-electron chi connectivity index (χ3n) is 4.14. The zero-order valence-corrected chi connectivity index (χ0v) is 13.7. The normalized spacial score (nSPS) is 15.3. The highest BCUT2D eigenvalue weighted by atomic mass is 16.4. The average molecular weight is 347 g/mol. The van der Waals surface area contributed by atoms with Crippen LogP contribution in [-0.2, 0) is 11.8 Å². The van der Waals surface area contributed by atoms with Gasteiger partial charge in [0, 0.05) is 42.1 Å². The molecule has 26 heavy (non-hydrogen) atoms. The summed E-state index contributed by atoms with van der Waals surface area (Å²) in [6, 6.07) is 4.88. The first-order valence-corrected chi connectivity index (χ1v) is 7.73. The average Bonchev–Trinajstić information content (AvgIpc) is 3.16. The lowest BCUT2D eigenvalue weighted by Gasteiger charge is -2.00. The highest BCUT2D eigenvalue weighted by molar-refractivity contribution is 6.32. The maximum Gasteiger partial charge on any atom is 0.335 e. The van der Waals surface area contributed by atoms with E-state index in [1.54, 1.807) is 30.5 Å². The SMILES string of the molecule is Cn1cc(C=C2C(=O)NN=C2c2cnccn2)c2ccc(C(=O)O)cc21. The predicted octanol–water partition coefficient (Wildman–Crippen LogP) is 1.58. The van der Waals surface area contributed by atoms with Crippen LogP contribution in [0.4, 0.5) is 0 Å². The minimum atomic E-state index is -0.986. The molecule has 0 saturated heterocycles. The van der Waals surface area contributed by atoms with Gasteiger partial charge in [0.15, 0.2) is 0 Å². The van der Waals surface area contributed by atoms with Gasteiger partial charge < -0.3 is 9.67 Å². The number of aromatic nitrogens is 3. The summed E-state index contributed by atoms with van der Waals surface area (Å²) in [5.74, 6) is -1.31. The second kappa shape index (κ2) is 5.92. The van der Waals surface area contributed by atoms with E-state index in [4.69, 9.17) is 5.11 Å². The van der Waals surface area contributed by atoms with E-state index in [1.165, 1.54) is 12.4 Å². The third kappa shape index (κ3) is 2.53. The monoisotopic (exact) mass is 347 g/mol. The Morgan fingerprint density at radius 1 is 1.31 bits per heavy atom. The molecule has 1 aromatic carbocycles. The van der Waals surface area contributed by atoms with Crippen LogP contribution in [0.3, 0.4) is 0 Å². The van der Waals surface area contributed by atoms with Gasteiger partial charge in [-0.1, -0.05) is 6.07 Å². The number of rotatable bonds is 3. The number of hydrogen-bond donors (Lipinski definition) is 2. The molecule has 0 aliphatic carbocycles. The van der Waals surface area contributed by atoms with E-state index in [2.05, 4.69) is 20.5 Å². The fourth-order valence-corrected chi connectivity index (χ4v) is 2.90. The maximum atomic E-state index is 12.2. The summed E-state index contributed by atoms with van der Waals surface area (Å²) >= 11 is 0. The molecule has 8 heteroatoms. The molecular formula is C18H13N5O3. The van der Waals surface area contributed by atoms with E-state index in [0.29, 0.717) is 17.0 Å². The summed E-state index contributed by atoms with van der Waals surface area (Å²) < 4.78 is 1.82. The second-order valence-electron chi connectivity index (χ2n) is 5.78. The van der Waals surface area contributed by atoms with Gasteiger partial charge in [-0.15, -0.1) is 0 Å². The van der Waals surface area contributed by atoms with Gasteiger partial charge in [0.2, 0.25) is 0 Å². The van der Waals surface area contributed by atoms with Crippen LogP contribution in [0.1, 0.15) is 21.6 Å². The molecule has 0 unspecified atom stereocenters. The van der Waals surface area contributed by atoms with Crippen molar-refractivity contribution in [3.05, 3.63) is 65.4 Å². The van der Waals surface area contributed by atoms with Crippen molar-refractivity contribution in [3.8, 4) is 0 Å². The lowest BCUT2D eigenvalue weighted by Crippen LogP contribution is -2.14. The summed E-state index contributed by atoms with van der Waals surface area (Å²) in [5.41, 5.74) is 5.48. The number of fused-ring (bicyclic) bond motifs is 1. The van der Waals surface area contributed by atoms with Crippen LogP contribution in [-0.4, -0.2) is 37.2 Å². The minimum absolute atomic E-state index is 0.207. The van der Waals surface area contributed by atoms with Crippen LogP contribution in [0.25, 0.3) is 17.0 Å². The summed E-state index contributed by atoms with van der Waals surface area (Å²) in [6.45, 7) is 0. The molecule has 2 aromatic heterocycles. The van der Waals surface area contributed by atoms with E-state index in [0.717, 1.165) is 16.5 Å². The van der Waals surface area contributed by atoms with Gasteiger partial charge in [-0.25, -0.2) is 10.2 Å². The number of hydrogen-bond acceptors (Lipinski definition) is 5. The molecule has 8 nitrogen and oxygen atoms in total. The molecule has 0 spiro atoms. The van der Waals surface area contributed by atoms with E-state index < -0.39 is 5.97 Å². The quantitative estimate of drug-likeness (QED) is 0.699. The van der Waals surface area contributed by atoms with Crippen molar-refractivity contribution in [2.75, 3.05) is 0 Å². The molecule has 2 N–H and O–H groups in total. The Balaban J connectivity index is 1.84. The summed E-state index contributed by atoms with van der Waals surface area (Å²) in [7, 11) is 1.82. The standard InChI is InChI=1S/C18H13N5O3/c1-23-9-11(12-3-2-10(18(25)26)7-15(12)23)6-13-16(21-22-17(13)24)14-8-19-4-5-20-14/h2-9H,1H3,(H,22,24)(H,25,26). The van der Waals surface area contributed by atoms with Crippen molar-refractivity contribution >= 4 is 34.6 Å². The first-order chi connectivity index (χ1) is 12.5. The minimum Gasteiger partial charge on any atom is -0.478 e. The van der Waals surface area contributed by atoms with Gasteiger partial charge in [0.05, 0.1) is 17.3 Å². The number of carbonyl (C=O) groups excluding carboxylic acids is 1. The largest absolute Gasteiger partial charge is 0.478 e. The van der Waals surface area contributed by atoms with Crippen molar-refractivity contribution in [2.45, 2.75) is 0 Å². The first-order valence-electron chi connectivity index (χ1n) is 7.73. The first kappa shape index (κ1) is 15.7. The molecule has 0 saturated carbocycles. The summed E-state index contributed by atoms with van der Waals surface area (Å²) in [4.78, 5) is 31.6. The van der Waals surface area contributed by atoms with Gasteiger partial charge in [-0.3, -0.25) is 14.8 Å². The number of amides is 1. The summed E-state index contributed by atoms with van der Waals surface area (Å²) in [5, 5.41) is 14.1. The number of hydrazone groups is 1. The molecule has 4 rings (SSSR count). The Labute approximate surface area is 147 Å². The molecule has 0 radical (unpaired) electrons. The zero-order chi connectivity index (χ0) is 18.3. The molecule has 3 aromatic rings. The molecule has 1 aliphatic rings. The number of carboxylic acids is 1. The smallest absolute Gasteiger partial charge is 0.335 e. The Hall–Kier alpha value is -3.81. The van der Waals surface area contributed by atoms with Crippen molar-refractivity contribution < 1.29 is 14.7 Å². The second-order valence-corrected chi connectivity index (χ2v) is 5.78.